The van der Waals surface area contributed by atoms with Crippen LogP contribution >= 0.6 is 11.8 Å². The van der Waals surface area contributed by atoms with Crippen molar-refractivity contribution in [3.8, 4) is 11.5 Å². The molecule has 2 aromatic rings. The Labute approximate surface area is 119 Å². The summed E-state index contributed by atoms with van der Waals surface area (Å²) in [5.74, 6) is 0.580. The van der Waals surface area contributed by atoms with E-state index in [1.54, 1.807) is 0 Å². The molecule has 0 fully saturated rings. The summed E-state index contributed by atoms with van der Waals surface area (Å²) in [6.07, 6.45) is 0.805. The Bertz CT molecular complexity index is 686. The average Bonchev–Trinajstić information content (AvgIpc) is 2.88. The van der Waals surface area contributed by atoms with Gasteiger partial charge in [-0.15, -0.1) is 0 Å². The van der Waals surface area contributed by atoms with Gasteiger partial charge in [-0.1, -0.05) is 18.7 Å². The third kappa shape index (κ3) is 2.38. The topological polar surface area (TPSA) is 68.7 Å². The van der Waals surface area contributed by atoms with Crippen LogP contribution < -0.4 is 9.47 Å². The van der Waals surface area contributed by atoms with Crippen LogP contribution in [0.25, 0.3) is 10.9 Å². The number of thioether (sulfide) groups is 1. The van der Waals surface area contributed by atoms with Crippen LogP contribution in [0.2, 0.25) is 0 Å². The molecule has 0 saturated heterocycles. The molecule has 1 aromatic heterocycles. The second-order valence-corrected chi connectivity index (χ2v) is 5.35. The van der Waals surface area contributed by atoms with Crippen molar-refractivity contribution in [3.63, 3.8) is 0 Å². The summed E-state index contributed by atoms with van der Waals surface area (Å²) >= 11 is 1.25. The van der Waals surface area contributed by atoms with Gasteiger partial charge < -0.3 is 14.6 Å². The number of fused-ring (bicyclic) bond motifs is 2. The van der Waals surface area contributed by atoms with Crippen LogP contribution in [0.3, 0.4) is 0 Å². The SMILES string of the molecule is CCc1cc2cc3c(cc2nc1SCC(=O)O)OCO3. The molecule has 0 aliphatic carbocycles. The van der Waals surface area contributed by atoms with Crippen LogP contribution in [0, 0.1) is 0 Å². The number of carbonyl (C=O) groups is 1. The van der Waals surface area contributed by atoms with Crippen molar-refractivity contribution < 1.29 is 19.4 Å². The molecule has 0 unspecified atom stereocenters. The lowest BCUT2D eigenvalue weighted by Gasteiger charge is -2.08. The number of aliphatic carboxylic acids is 1. The lowest BCUT2D eigenvalue weighted by Crippen LogP contribution is -2.00. The smallest absolute Gasteiger partial charge is 0.313 e. The number of carboxylic acids is 1. The number of rotatable bonds is 4. The minimum absolute atomic E-state index is 0.00998. The van der Waals surface area contributed by atoms with E-state index in [4.69, 9.17) is 14.6 Å². The average molecular weight is 291 g/mol. The van der Waals surface area contributed by atoms with E-state index < -0.39 is 5.97 Å². The quantitative estimate of drug-likeness (QED) is 0.873. The Morgan fingerprint density at radius 2 is 2.10 bits per heavy atom. The summed E-state index contributed by atoms with van der Waals surface area (Å²) in [5, 5.41) is 10.5. The van der Waals surface area contributed by atoms with Gasteiger partial charge in [0.05, 0.1) is 11.3 Å². The van der Waals surface area contributed by atoms with Crippen molar-refractivity contribution in [3.05, 3.63) is 23.8 Å². The zero-order chi connectivity index (χ0) is 14.1. The number of aromatic nitrogens is 1. The second-order valence-electron chi connectivity index (χ2n) is 4.39. The van der Waals surface area contributed by atoms with Crippen LogP contribution in [0.4, 0.5) is 0 Å². The van der Waals surface area contributed by atoms with Gasteiger partial charge in [0.25, 0.3) is 0 Å². The van der Waals surface area contributed by atoms with Crippen LogP contribution in [0.5, 0.6) is 11.5 Å². The summed E-state index contributed by atoms with van der Waals surface area (Å²) in [7, 11) is 0. The first-order valence-corrected chi connectivity index (χ1v) is 7.24. The van der Waals surface area contributed by atoms with Gasteiger partial charge in [-0.2, -0.15) is 0 Å². The highest BCUT2D eigenvalue weighted by Gasteiger charge is 2.16. The Balaban J connectivity index is 2.06. The summed E-state index contributed by atoms with van der Waals surface area (Å²) in [4.78, 5) is 15.3. The fourth-order valence-corrected chi connectivity index (χ4v) is 2.91. The maximum Gasteiger partial charge on any atom is 0.313 e. The number of carboxylic acid groups (broad SMARTS) is 1. The van der Waals surface area contributed by atoms with Crippen molar-refractivity contribution in [1.82, 2.24) is 4.98 Å². The molecule has 0 bridgehead atoms. The van der Waals surface area contributed by atoms with Gasteiger partial charge in [-0.05, 0) is 24.1 Å². The first-order valence-electron chi connectivity index (χ1n) is 6.25. The molecule has 1 aliphatic heterocycles. The van der Waals surface area contributed by atoms with Crippen molar-refractivity contribution >= 4 is 28.6 Å². The fourth-order valence-electron chi connectivity index (χ4n) is 2.10. The fraction of sp³-hybridized carbons (Fsp3) is 0.286. The summed E-state index contributed by atoms with van der Waals surface area (Å²) < 4.78 is 10.7. The highest BCUT2D eigenvalue weighted by molar-refractivity contribution is 7.99. The van der Waals surface area contributed by atoms with Crippen LogP contribution in [-0.2, 0) is 11.2 Å². The standard InChI is InChI=1S/C14H13NO4S/c1-2-8-3-9-4-11-12(19-7-18-11)5-10(9)15-14(8)20-6-13(16)17/h3-5H,2,6-7H2,1H3,(H,16,17). The van der Waals surface area contributed by atoms with E-state index >= 15 is 0 Å². The van der Waals surface area contributed by atoms with Crippen molar-refractivity contribution in [2.24, 2.45) is 0 Å². The first-order chi connectivity index (χ1) is 9.67. The Hall–Kier alpha value is -1.95. The van der Waals surface area contributed by atoms with Crippen LogP contribution in [0.15, 0.2) is 23.2 Å². The Morgan fingerprint density at radius 3 is 2.80 bits per heavy atom. The molecule has 104 valence electrons. The van der Waals surface area contributed by atoms with Gasteiger partial charge in [0.15, 0.2) is 11.5 Å². The molecular formula is C14H13NO4S. The van der Waals surface area contributed by atoms with E-state index in [2.05, 4.69) is 4.98 Å². The van der Waals surface area contributed by atoms with E-state index in [1.807, 2.05) is 25.1 Å². The molecule has 5 nitrogen and oxygen atoms in total. The lowest BCUT2D eigenvalue weighted by molar-refractivity contribution is -0.133. The zero-order valence-electron chi connectivity index (χ0n) is 10.9. The number of benzene rings is 1. The first kappa shape index (κ1) is 13.1. The molecule has 3 rings (SSSR count). The van der Waals surface area contributed by atoms with Crippen LogP contribution in [0.1, 0.15) is 12.5 Å². The molecule has 0 spiro atoms. The number of pyridine rings is 1. The molecule has 1 aliphatic rings. The third-order valence-corrected chi connectivity index (χ3v) is 4.08. The van der Waals surface area contributed by atoms with Crippen molar-refractivity contribution in [2.45, 2.75) is 18.4 Å². The molecule has 1 N–H and O–H groups in total. The van der Waals surface area contributed by atoms with Gasteiger partial charge in [-0.25, -0.2) is 4.98 Å². The van der Waals surface area contributed by atoms with Gasteiger partial charge in [0.2, 0.25) is 6.79 Å². The predicted molar refractivity (Wildman–Crippen MR) is 75.6 cm³/mol. The molecule has 2 heterocycles. The van der Waals surface area contributed by atoms with Crippen LogP contribution in [-0.4, -0.2) is 28.6 Å². The number of hydrogen-bond acceptors (Lipinski definition) is 5. The van der Waals surface area contributed by atoms with E-state index in [9.17, 15) is 4.79 Å². The van der Waals surface area contributed by atoms with Crippen molar-refractivity contribution in [1.29, 1.82) is 0 Å². The zero-order valence-corrected chi connectivity index (χ0v) is 11.7. The van der Waals surface area contributed by atoms with Gasteiger partial charge in [0, 0.05) is 11.5 Å². The molecule has 1 aromatic carbocycles. The molecule has 6 heteroatoms. The van der Waals surface area contributed by atoms with Gasteiger partial charge in [0.1, 0.15) is 5.03 Å². The third-order valence-electron chi connectivity index (χ3n) is 3.06. The summed E-state index contributed by atoms with van der Waals surface area (Å²) in [6.45, 7) is 2.26. The molecule has 0 atom stereocenters. The maximum atomic E-state index is 10.7. The molecular weight excluding hydrogens is 278 g/mol. The normalized spacial score (nSPS) is 12.8. The highest BCUT2D eigenvalue weighted by atomic mass is 32.2. The highest BCUT2D eigenvalue weighted by Crippen LogP contribution is 2.37. The monoisotopic (exact) mass is 291 g/mol. The Kier molecular flexibility index (Phi) is 3.40. The summed E-state index contributed by atoms with van der Waals surface area (Å²) in [5.41, 5.74) is 1.84. The van der Waals surface area contributed by atoms with E-state index in [0.717, 1.165) is 33.7 Å². The van der Waals surface area contributed by atoms with Gasteiger partial charge in [-0.3, -0.25) is 4.79 Å². The number of aryl methyl sites for hydroxylation is 1. The molecule has 20 heavy (non-hydrogen) atoms. The largest absolute Gasteiger partial charge is 0.481 e. The maximum absolute atomic E-state index is 10.7. The predicted octanol–water partition coefficient (Wildman–Crippen LogP) is 2.70. The minimum Gasteiger partial charge on any atom is -0.481 e. The number of hydrogen-bond donors (Lipinski definition) is 1. The van der Waals surface area contributed by atoms with E-state index in [0.29, 0.717) is 5.75 Å². The lowest BCUT2D eigenvalue weighted by atomic mass is 10.1. The number of nitrogens with zero attached hydrogens (tertiary/aromatic N) is 1. The molecule has 0 saturated carbocycles. The number of ether oxygens (including phenoxy) is 2. The van der Waals surface area contributed by atoms with E-state index in [1.165, 1.54) is 11.8 Å². The summed E-state index contributed by atoms with van der Waals surface area (Å²) in [6, 6.07) is 5.78. The minimum atomic E-state index is -0.843. The van der Waals surface area contributed by atoms with Gasteiger partial charge >= 0.3 is 5.97 Å². The second kappa shape index (κ2) is 5.20. The molecule has 0 radical (unpaired) electrons. The molecule has 0 amide bonds. The van der Waals surface area contributed by atoms with Crippen molar-refractivity contribution in [2.75, 3.05) is 12.5 Å². The van der Waals surface area contributed by atoms with E-state index in [-0.39, 0.29) is 12.5 Å². The Morgan fingerprint density at radius 1 is 1.35 bits per heavy atom.